The van der Waals surface area contributed by atoms with Gasteiger partial charge in [0.1, 0.15) is 5.75 Å². The Morgan fingerprint density at radius 1 is 1.54 bits per heavy atom. The normalized spacial score (nSPS) is 9.38. The summed E-state index contributed by atoms with van der Waals surface area (Å²) in [5.41, 5.74) is 7.40. The number of para-hydroxylation sites is 1. The molecule has 3 N–H and O–H groups in total. The molecular formula is C10H14N2O. The Hall–Kier alpha value is -1.64. The van der Waals surface area contributed by atoms with Crippen LogP contribution in [0.25, 0.3) is 0 Å². The number of hydrogen-bond donors (Lipinski definition) is 2. The van der Waals surface area contributed by atoms with Gasteiger partial charge in [-0.2, -0.15) is 0 Å². The van der Waals surface area contributed by atoms with Crippen LogP contribution in [0.1, 0.15) is 5.56 Å². The second-order valence-corrected chi connectivity index (χ2v) is 2.80. The summed E-state index contributed by atoms with van der Waals surface area (Å²) < 4.78 is 5.17. The zero-order valence-electron chi connectivity index (χ0n) is 7.92. The molecule has 0 spiro atoms. The van der Waals surface area contributed by atoms with Crippen molar-refractivity contribution in [2.45, 2.75) is 6.92 Å². The van der Waals surface area contributed by atoms with E-state index in [0.29, 0.717) is 5.82 Å². The molecule has 0 atom stereocenters. The van der Waals surface area contributed by atoms with E-state index in [1.807, 2.05) is 25.1 Å². The van der Waals surface area contributed by atoms with Crippen LogP contribution in [0.2, 0.25) is 0 Å². The fourth-order valence-electron chi connectivity index (χ4n) is 1.13. The van der Waals surface area contributed by atoms with Gasteiger partial charge in [-0.05, 0) is 18.6 Å². The highest BCUT2D eigenvalue weighted by Crippen LogP contribution is 2.27. The van der Waals surface area contributed by atoms with Crippen molar-refractivity contribution >= 4 is 5.69 Å². The van der Waals surface area contributed by atoms with Crippen LogP contribution in [0.4, 0.5) is 5.69 Å². The lowest BCUT2D eigenvalue weighted by Gasteiger charge is -2.12. The highest BCUT2D eigenvalue weighted by Gasteiger charge is 2.04. The molecule has 0 aliphatic heterocycles. The smallest absolute Gasteiger partial charge is 0.142 e. The van der Waals surface area contributed by atoms with Gasteiger partial charge in [-0.3, -0.25) is 0 Å². The molecule has 0 unspecified atom stereocenters. The Balaban J connectivity index is 3.07. The maximum Gasteiger partial charge on any atom is 0.142 e. The van der Waals surface area contributed by atoms with Gasteiger partial charge in [0, 0.05) is 0 Å². The minimum absolute atomic E-state index is 0.410. The van der Waals surface area contributed by atoms with E-state index in [1.54, 1.807) is 7.11 Å². The lowest BCUT2D eigenvalue weighted by atomic mass is 10.2. The molecule has 0 fully saturated rings. The molecule has 1 rings (SSSR count). The number of methoxy groups -OCH3 is 1. The van der Waals surface area contributed by atoms with Crippen LogP contribution in [0, 0.1) is 6.92 Å². The molecule has 0 saturated carbocycles. The molecule has 0 amide bonds. The zero-order chi connectivity index (χ0) is 9.84. The fraction of sp³-hybridized carbons (Fsp3) is 0.200. The Labute approximate surface area is 78.2 Å². The molecule has 0 bridgehead atoms. The van der Waals surface area contributed by atoms with E-state index in [9.17, 15) is 0 Å². The monoisotopic (exact) mass is 178 g/mol. The van der Waals surface area contributed by atoms with Crippen LogP contribution in [-0.2, 0) is 0 Å². The standard InChI is InChI=1S/C10H14N2O/c1-7-5-4-6-9(13-3)10(7)12-8(2)11/h4-6,12H,2,11H2,1,3H3. The molecule has 0 saturated heterocycles. The number of rotatable bonds is 3. The number of nitrogens with two attached hydrogens (primary N) is 1. The third-order valence-electron chi connectivity index (χ3n) is 1.74. The highest BCUT2D eigenvalue weighted by atomic mass is 16.5. The minimum Gasteiger partial charge on any atom is -0.495 e. The first-order valence-corrected chi connectivity index (χ1v) is 4.00. The second kappa shape index (κ2) is 3.85. The molecule has 0 heterocycles. The van der Waals surface area contributed by atoms with Gasteiger partial charge >= 0.3 is 0 Å². The van der Waals surface area contributed by atoms with Gasteiger partial charge in [0.05, 0.1) is 18.6 Å². The van der Waals surface area contributed by atoms with Crippen LogP contribution in [0.5, 0.6) is 5.75 Å². The summed E-state index contributed by atoms with van der Waals surface area (Å²) in [4.78, 5) is 0. The summed E-state index contributed by atoms with van der Waals surface area (Å²) in [6, 6.07) is 5.78. The molecule has 0 aliphatic carbocycles. The maximum atomic E-state index is 5.46. The molecule has 3 nitrogen and oxygen atoms in total. The summed E-state index contributed by atoms with van der Waals surface area (Å²) in [7, 11) is 1.62. The fourth-order valence-corrected chi connectivity index (χ4v) is 1.13. The predicted molar refractivity (Wildman–Crippen MR) is 54.7 cm³/mol. The van der Waals surface area contributed by atoms with Gasteiger partial charge in [-0.1, -0.05) is 18.7 Å². The minimum atomic E-state index is 0.410. The van der Waals surface area contributed by atoms with E-state index < -0.39 is 0 Å². The van der Waals surface area contributed by atoms with Gasteiger partial charge in [-0.25, -0.2) is 0 Å². The number of ether oxygens (including phenoxy) is 1. The second-order valence-electron chi connectivity index (χ2n) is 2.80. The van der Waals surface area contributed by atoms with Gasteiger partial charge in [0.15, 0.2) is 0 Å². The first-order valence-electron chi connectivity index (χ1n) is 4.00. The molecule has 0 aliphatic rings. The van der Waals surface area contributed by atoms with Crippen molar-refractivity contribution in [1.82, 2.24) is 0 Å². The summed E-state index contributed by atoms with van der Waals surface area (Å²) >= 11 is 0. The van der Waals surface area contributed by atoms with Gasteiger partial charge in [-0.15, -0.1) is 0 Å². The molecular weight excluding hydrogens is 164 g/mol. The van der Waals surface area contributed by atoms with Gasteiger partial charge in [0.2, 0.25) is 0 Å². The number of anilines is 1. The van der Waals surface area contributed by atoms with Crippen LogP contribution in [-0.4, -0.2) is 7.11 Å². The van der Waals surface area contributed by atoms with Crippen LogP contribution >= 0.6 is 0 Å². The van der Waals surface area contributed by atoms with Crippen molar-refractivity contribution in [3.05, 3.63) is 36.2 Å². The Bertz CT molecular complexity index is 321. The van der Waals surface area contributed by atoms with E-state index in [4.69, 9.17) is 10.5 Å². The first-order chi connectivity index (χ1) is 6.15. The van der Waals surface area contributed by atoms with Crippen molar-refractivity contribution < 1.29 is 4.74 Å². The average molecular weight is 178 g/mol. The largest absolute Gasteiger partial charge is 0.495 e. The SMILES string of the molecule is C=C(N)Nc1c(C)cccc1OC. The van der Waals surface area contributed by atoms with Gasteiger partial charge < -0.3 is 15.8 Å². The summed E-state index contributed by atoms with van der Waals surface area (Å²) in [5, 5.41) is 2.95. The Morgan fingerprint density at radius 3 is 2.77 bits per heavy atom. The van der Waals surface area contributed by atoms with Crippen molar-refractivity contribution in [3.63, 3.8) is 0 Å². The Kier molecular flexibility index (Phi) is 2.80. The third kappa shape index (κ3) is 2.15. The van der Waals surface area contributed by atoms with Crippen molar-refractivity contribution in [2.24, 2.45) is 5.73 Å². The van der Waals surface area contributed by atoms with E-state index in [0.717, 1.165) is 17.0 Å². The van der Waals surface area contributed by atoms with Crippen molar-refractivity contribution in [1.29, 1.82) is 0 Å². The van der Waals surface area contributed by atoms with E-state index >= 15 is 0 Å². The quantitative estimate of drug-likeness (QED) is 0.742. The van der Waals surface area contributed by atoms with E-state index in [1.165, 1.54) is 0 Å². The molecule has 70 valence electrons. The zero-order valence-corrected chi connectivity index (χ0v) is 7.92. The maximum absolute atomic E-state index is 5.46. The first kappa shape index (κ1) is 9.45. The van der Waals surface area contributed by atoms with E-state index in [-0.39, 0.29) is 0 Å². The molecule has 0 radical (unpaired) electrons. The lowest BCUT2D eigenvalue weighted by molar-refractivity contribution is 0.416. The molecule has 3 heteroatoms. The summed E-state index contributed by atoms with van der Waals surface area (Å²) in [6.45, 7) is 5.56. The molecule has 1 aromatic carbocycles. The van der Waals surface area contributed by atoms with Crippen molar-refractivity contribution in [2.75, 3.05) is 12.4 Å². The van der Waals surface area contributed by atoms with Crippen LogP contribution in [0.15, 0.2) is 30.6 Å². The Morgan fingerprint density at radius 2 is 2.23 bits per heavy atom. The lowest BCUT2D eigenvalue weighted by Crippen LogP contribution is -2.08. The summed E-state index contributed by atoms with van der Waals surface area (Å²) in [6.07, 6.45) is 0. The molecule has 1 aromatic rings. The highest BCUT2D eigenvalue weighted by molar-refractivity contribution is 5.63. The number of hydrogen-bond acceptors (Lipinski definition) is 3. The van der Waals surface area contributed by atoms with Crippen molar-refractivity contribution in [3.8, 4) is 5.75 Å². The summed E-state index contributed by atoms with van der Waals surface area (Å²) in [5.74, 6) is 1.18. The topological polar surface area (TPSA) is 47.3 Å². The molecule has 13 heavy (non-hydrogen) atoms. The number of benzene rings is 1. The number of nitrogens with one attached hydrogen (secondary N) is 1. The number of aryl methyl sites for hydroxylation is 1. The predicted octanol–water partition coefficient (Wildman–Crippen LogP) is 1.85. The van der Waals surface area contributed by atoms with Crippen LogP contribution in [0.3, 0.4) is 0 Å². The van der Waals surface area contributed by atoms with Gasteiger partial charge in [0.25, 0.3) is 0 Å². The average Bonchev–Trinajstić information content (AvgIpc) is 2.08. The van der Waals surface area contributed by atoms with E-state index in [2.05, 4.69) is 11.9 Å². The third-order valence-corrected chi connectivity index (χ3v) is 1.74. The molecule has 0 aromatic heterocycles. The van der Waals surface area contributed by atoms with Crippen LogP contribution < -0.4 is 15.8 Å².